The first-order chi connectivity index (χ1) is 13.4. The summed E-state index contributed by atoms with van der Waals surface area (Å²) in [4.78, 5) is 8.38. The van der Waals surface area contributed by atoms with Crippen LogP contribution in [-0.2, 0) is 0 Å². The molecule has 1 aliphatic carbocycles. The fraction of sp³-hybridized carbons (Fsp3) is 0.250. The molecule has 2 aromatic heterocycles. The van der Waals surface area contributed by atoms with Gasteiger partial charge < -0.3 is 10.1 Å². The maximum Gasteiger partial charge on any atom is 0.251 e. The number of hydrogen-bond donors (Lipinski definition) is 1. The van der Waals surface area contributed by atoms with E-state index in [1.54, 1.807) is 36.7 Å². The maximum absolute atomic E-state index is 13.2. The molecule has 0 atom stereocenters. The van der Waals surface area contributed by atoms with Crippen molar-refractivity contribution in [2.75, 3.05) is 11.9 Å². The summed E-state index contributed by atoms with van der Waals surface area (Å²) in [6.07, 6.45) is 2.34. The predicted octanol–water partition coefficient (Wildman–Crippen LogP) is 5.34. The molecule has 4 rings (SSSR count). The van der Waals surface area contributed by atoms with Crippen LogP contribution in [0, 0.1) is 16.7 Å². The molecule has 0 unspecified atom stereocenters. The topological polar surface area (TPSA) is 70.8 Å². The summed E-state index contributed by atoms with van der Waals surface area (Å²) < 4.78 is 32.0. The van der Waals surface area contributed by atoms with Gasteiger partial charge in [-0.1, -0.05) is 11.6 Å². The summed E-state index contributed by atoms with van der Waals surface area (Å²) in [6.45, 7) is -0.0583. The highest BCUT2D eigenvalue weighted by atomic mass is 35.5. The van der Waals surface area contributed by atoms with Gasteiger partial charge in [-0.15, -0.1) is 0 Å². The minimum absolute atomic E-state index is 0.0583. The number of alkyl halides is 2. The molecule has 1 fully saturated rings. The number of nitriles is 1. The zero-order valence-corrected chi connectivity index (χ0v) is 15.4. The lowest BCUT2D eigenvalue weighted by molar-refractivity contribution is -0.148. The number of nitrogens with zero attached hydrogens (tertiary/aromatic N) is 3. The highest BCUT2D eigenvalue weighted by Crippen LogP contribution is 2.51. The molecule has 1 aliphatic rings. The van der Waals surface area contributed by atoms with Crippen molar-refractivity contribution in [1.29, 1.82) is 5.26 Å². The Bertz CT molecular complexity index is 1060. The molecule has 142 valence electrons. The Morgan fingerprint density at radius 1 is 1.18 bits per heavy atom. The molecule has 8 heteroatoms. The Morgan fingerprint density at radius 3 is 2.68 bits per heavy atom. The number of nitrogens with one attached hydrogen (secondary N) is 1. The number of fused-ring (bicyclic) bond motifs is 1. The van der Waals surface area contributed by atoms with Crippen LogP contribution in [0.1, 0.15) is 12.8 Å². The van der Waals surface area contributed by atoms with E-state index in [-0.39, 0.29) is 6.61 Å². The van der Waals surface area contributed by atoms with Crippen LogP contribution in [0.15, 0.2) is 48.8 Å². The lowest BCUT2D eigenvalue weighted by Crippen LogP contribution is -2.48. The van der Waals surface area contributed by atoms with Crippen molar-refractivity contribution in [3.05, 3.63) is 53.9 Å². The van der Waals surface area contributed by atoms with Gasteiger partial charge in [0, 0.05) is 24.4 Å². The number of rotatable bonds is 5. The van der Waals surface area contributed by atoms with Gasteiger partial charge in [-0.3, -0.25) is 0 Å². The van der Waals surface area contributed by atoms with Crippen LogP contribution in [0.2, 0.25) is 5.15 Å². The van der Waals surface area contributed by atoms with Crippen molar-refractivity contribution >= 4 is 33.9 Å². The second kappa shape index (κ2) is 6.88. The fourth-order valence-corrected chi connectivity index (χ4v) is 3.42. The largest absolute Gasteiger partial charge is 0.492 e. The first-order valence-corrected chi connectivity index (χ1v) is 8.95. The molecule has 1 aromatic carbocycles. The van der Waals surface area contributed by atoms with Crippen LogP contribution >= 0.6 is 11.6 Å². The Kier molecular flexibility index (Phi) is 4.52. The SMILES string of the molecule is N#CC1(COc2ccc3c(Nc4ccc(Cl)nc4)nccc3c2)CC(F)(F)C1. The van der Waals surface area contributed by atoms with E-state index in [1.807, 2.05) is 18.2 Å². The van der Waals surface area contributed by atoms with Crippen LogP contribution in [0.3, 0.4) is 0 Å². The van der Waals surface area contributed by atoms with E-state index in [9.17, 15) is 14.0 Å². The van der Waals surface area contributed by atoms with E-state index in [4.69, 9.17) is 16.3 Å². The molecule has 28 heavy (non-hydrogen) atoms. The van der Waals surface area contributed by atoms with Gasteiger partial charge in [0.25, 0.3) is 5.92 Å². The van der Waals surface area contributed by atoms with Crippen LogP contribution in [0.25, 0.3) is 10.8 Å². The minimum Gasteiger partial charge on any atom is -0.492 e. The third kappa shape index (κ3) is 3.69. The third-order valence-corrected chi connectivity index (χ3v) is 4.90. The van der Waals surface area contributed by atoms with Gasteiger partial charge in [-0.05, 0) is 41.8 Å². The lowest BCUT2D eigenvalue weighted by atomic mass is 9.67. The van der Waals surface area contributed by atoms with Crippen molar-refractivity contribution in [3.8, 4) is 11.8 Å². The Balaban J connectivity index is 1.52. The first kappa shape index (κ1) is 18.4. The summed E-state index contributed by atoms with van der Waals surface area (Å²) >= 11 is 5.80. The van der Waals surface area contributed by atoms with Gasteiger partial charge in [0.2, 0.25) is 0 Å². The summed E-state index contributed by atoms with van der Waals surface area (Å²) in [5.74, 6) is -1.62. The van der Waals surface area contributed by atoms with E-state index >= 15 is 0 Å². The minimum atomic E-state index is -2.77. The number of hydrogen-bond acceptors (Lipinski definition) is 5. The van der Waals surface area contributed by atoms with E-state index in [2.05, 4.69) is 15.3 Å². The van der Waals surface area contributed by atoms with Crippen molar-refractivity contribution in [1.82, 2.24) is 9.97 Å². The summed E-state index contributed by atoms with van der Waals surface area (Å²) in [6, 6.07) is 12.6. The highest BCUT2D eigenvalue weighted by Gasteiger charge is 2.57. The molecule has 5 nitrogen and oxygen atoms in total. The van der Waals surface area contributed by atoms with Gasteiger partial charge in [0.05, 0.1) is 18.0 Å². The number of benzene rings is 1. The van der Waals surface area contributed by atoms with E-state index < -0.39 is 24.2 Å². The second-order valence-electron chi connectivity index (χ2n) is 6.93. The normalized spacial score (nSPS) is 16.8. The van der Waals surface area contributed by atoms with E-state index in [1.165, 1.54) is 0 Å². The average molecular weight is 401 g/mol. The quantitative estimate of drug-likeness (QED) is 0.585. The number of anilines is 2. The van der Waals surface area contributed by atoms with Crippen LogP contribution < -0.4 is 10.1 Å². The van der Waals surface area contributed by atoms with Gasteiger partial charge in [-0.2, -0.15) is 5.26 Å². The summed E-state index contributed by atoms with van der Waals surface area (Å²) in [7, 11) is 0. The van der Waals surface area contributed by atoms with Crippen LogP contribution in [-0.4, -0.2) is 22.5 Å². The summed E-state index contributed by atoms with van der Waals surface area (Å²) in [5, 5.41) is 14.5. The van der Waals surface area contributed by atoms with Crippen LogP contribution in [0.5, 0.6) is 5.75 Å². The van der Waals surface area contributed by atoms with E-state index in [0.29, 0.717) is 16.7 Å². The molecule has 0 saturated heterocycles. The van der Waals surface area contributed by atoms with Gasteiger partial charge in [0.1, 0.15) is 28.7 Å². The fourth-order valence-electron chi connectivity index (χ4n) is 3.31. The molecule has 0 bridgehead atoms. The lowest BCUT2D eigenvalue weighted by Gasteiger charge is -2.41. The third-order valence-electron chi connectivity index (χ3n) is 4.67. The number of pyridine rings is 2. The molecule has 2 heterocycles. The molecule has 1 N–H and O–H groups in total. The Hall–Kier alpha value is -2.98. The molecular weight excluding hydrogens is 386 g/mol. The summed E-state index contributed by atoms with van der Waals surface area (Å²) in [5.41, 5.74) is -0.378. The van der Waals surface area contributed by atoms with E-state index in [0.717, 1.165) is 16.5 Å². The number of ether oxygens (including phenoxy) is 1. The van der Waals surface area contributed by atoms with Crippen molar-refractivity contribution < 1.29 is 13.5 Å². The monoisotopic (exact) mass is 400 g/mol. The molecule has 3 aromatic rings. The number of aromatic nitrogens is 2. The van der Waals surface area contributed by atoms with Gasteiger partial charge in [-0.25, -0.2) is 18.7 Å². The van der Waals surface area contributed by atoms with Crippen LogP contribution in [0.4, 0.5) is 20.3 Å². The maximum atomic E-state index is 13.2. The second-order valence-corrected chi connectivity index (χ2v) is 7.31. The van der Waals surface area contributed by atoms with Crippen molar-refractivity contribution in [3.63, 3.8) is 0 Å². The zero-order chi connectivity index (χ0) is 19.8. The Morgan fingerprint density at radius 2 is 2.00 bits per heavy atom. The predicted molar refractivity (Wildman–Crippen MR) is 102 cm³/mol. The highest BCUT2D eigenvalue weighted by molar-refractivity contribution is 6.29. The molecule has 0 radical (unpaired) electrons. The molecular formula is C20H15ClF2N4O. The average Bonchev–Trinajstić information content (AvgIpc) is 2.66. The standard InChI is InChI=1S/C20H15ClF2N4O/c21-17-4-1-14(8-26-17)27-18-16-3-2-15(7-13(16)5-6-25-18)28-12-19(11-24)9-20(22,23)10-19/h1-8H,9-10,12H2,(H,25,27). The number of halogens is 3. The first-order valence-electron chi connectivity index (χ1n) is 8.57. The van der Waals surface area contributed by atoms with Gasteiger partial charge >= 0.3 is 0 Å². The van der Waals surface area contributed by atoms with Crippen molar-refractivity contribution in [2.45, 2.75) is 18.8 Å². The zero-order valence-electron chi connectivity index (χ0n) is 14.6. The molecule has 0 amide bonds. The molecule has 0 spiro atoms. The van der Waals surface area contributed by atoms with Gasteiger partial charge in [0.15, 0.2) is 0 Å². The van der Waals surface area contributed by atoms with Crippen molar-refractivity contribution in [2.24, 2.45) is 5.41 Å². The molecule has 1 saturated carbocycles. The Labute approximate surface area is 164 Å². The molecule has 0 aliphatic heterocycles. The smallest absolute Gasteiger partial charge is 0.251 e.